The van der Waals surface area contributed by atoms with E-state index >= 15 is 0 Å². The summed E-state index contributed by atoms with van der Waals surface area (Å²) < 4.78 is 2.28. The number of hydrogen-bond donors (Lipinski definition) is 0. The third-order valence-corrected chi connectivity index (χ3v) is 8.38. The molecule has 0 amide bonds. The fourth-order valence-electron chi connectivity index (χ4n) is 6.63. The van der Waals surface area contributed by atoms with Crippen molar-refractivity contribution in [3.63, 3.8) is 0 Å². The quantitative estimate of drug-likeness (QED) is 0.212. The molecule has 190 valence electrons. The summed E-state index contributed by atoms with van der Waals surface area (Å²) in [6, 6.07) is 49.4. The zero-order valence-corrected chi connectivity index (χ0v) is 22.1. The van der Waals surface area contributed by atoms with E-state index in [1.807, 2.05) is 6.07 Å². The van der Waals surface area contributed by atoms with Crippen molar-refractivity contribution in [2.75, 3.05) is 0 Å². The van der Waals surface area contributed by atoms with Gasteiger partial charge in [0.1, 0.15) is 0 Å². The molecule has 0 atom stereocenters. The minimum atomic E-state index is 0.679. The van der Waals surface area contributed by atoms with Crippen LogP contribution in [0.15, 0.2) is 140 Å². The Bertz CT molecular complexity index is 2440. The van der Waals surface area contributed by atoms with Crippen molar-refractivity contribution in [2.24, 2.45) is 0 Å². The fraction of sp³-hybridized carbons (Fsp3) is 0. The molecule has 41 heavy (non-hydrogen) atoms. The van der Waals surface area contributed by atoms with Gasteiger partial charge >= 0.3 is 0 Å². The van der Waals surface area contributed by atoms with Crippen LogP contribution in [-0.4, -0.2) is 14.5 Å². The summed E-state index contributed by atoms with van der Waals surface area (Å²) in [5.74, 6) is 0.679. The van der Waals surface area contributed by atoms with Crippen molar-refractivity contribution in [2.45, 2.75) is 0 Å². The van der Waals surface area contributed by atoms with E-state index in [1.165, 1.54) is 43.1 Å². The molecule has 0 N–H and O–H groups in total. The number of hydrogen-bond acceptors (Lipinski definition) is 2. The maximum absolute atomic E-state index is 5.31. The van der Waals surface area contributed by atoms with E-state index in [-0.39, 0.29) is 0 Å². The molecular weight excluding hydrogens is 498 g/mol. The van der Waals surface area contributed by atoms with Crippen LogP contribution in [0.25, 0.3) is 82.2 Å². The van der Waals surface area contributed by atoms with Crippen LogP contribution in [0.4, 0.5) is 0 Å². The van der Waals surface area contributed by atoms with E-state index in [0.29, 0.717) is 5.95 Å². The van der Waals surface area contributed by atoms with Gasteiger partial charge in [-0.2, -0.15) is 0 Å². The normalized spacial score (nSPS) is 11.9. The lowest BCUT2D eigenvalue weighted by molar-refractivity contribution is 1.02. The largest absolute Gasteiger partial charge is 0.277 e. The second-order valence-corrected chi connectivity index (χ2v) is 10.6. The summed E-state index contributed by atoms with van der Waals surface area (Å²) >= 11 is 0. The van der Waals surface area contributed by atoms with Crippen LogP contribution >= 0.6 is 0 Å². The highest BCUT2D eigenvalue weighted by atomic mass is 15.2. The van der Waals surface area contributed by atoms with Crippen molar-refractivity contribution in [3.8, 4) is 17.2 Å². The molecule has 3 nitrogen and oxygen atoms in total. The number of fused-ring (bicyclic) bond motifs is 11. The van der Waals surface area contributed by atoms with Crippen molar-refractivity contribution >= 4 is 65.0 Å². The summed E-state index contributed by atoms with van der Waals surface area (Å²) in [6.07, 6.45) is 0. The number of aromatic nitrogens is 3. The van der Waals surface area contributed by atoms with Gasteiger partial charge < -0.3 is 0 Å². The second kappa shape index (κ2) is 8.48. The molecule has 0 aliphatic heterocycles. The molecule has 2 heterocycles. The summed E-state index contributed by atoms with van der Waals surface area (Å²) in [5.41, 5.74) is 5.18. The number of benzene rings is 7. The van der Waals surface area contributed by atoms with Crippen LogP contribution in [0.2, 0.25) is 0 Å². The highest BCUT2D eigenvalue weighted by Crippen LogP contribution is 2.43. The van der Waals surface area contributed by atoms with Crippen molar-refractivity contribution in [3.05, 3.63) is 140 Å². The Labute approximate surface area is 235 Å². The average molecular weight is 522 g/mol. The van der Waals surface area contributed by atoms with Gasteiger partial charge in [0, 0.05) is 27.1 Å². The maximum Gasteiger partial charge on any atom is 0.235 e. The van der Waals surface area contributed by atoms with Crippen LogP contribution in [0, 0.1) is 0 Å². The smallest absolute Gasteiger partial charge is 0.235 e. The Hall–Kier alpha value is -5.54. The predicted molar refractivity (Wildman–Crippen MR) is 172 cm³/mol. The number of nitrogens with zero attached hydrogens (tertiary/aromatic N) is 3. The SMILES string of the molecule is c1ccc(-c2nc(-n3c4ccccc4c4ccc5c6ccccc6c6ccccc6c5c43)nc3ccccc23)cc1. The third-order valence-electron chi connectivity index (χ3n) is 8.38. The lowest BCUT2D eigenvalue weighted by atomic mass is 9.93. The molecule has 0 radical (unpaired) electrons. The van der Waals surface area contributed by atoms with Crippen molar-refractivity contribution in [1.82, 2.24) is 14.5 Å². The molecule has 0 unspecified atom stereocenters. The lowest BCUT2D eigenvalue weighted by Crippen LogP contribution is -2.04. The van der Waals surface area contributed by atoms with Gasteiger partial charge in [0.25, 0.3) is 0 Å². The maximum atomic E-state index is 5.31. The minimum Gasteiger partial charge on any atom is -0.277 e. The van der Waals surface area contributed by atoms with Gasteiger partial charge in [-0.1, -0.05) is 127 Å². The molecule has 0 aliphatic carbocycles. The summed E-state index contributed by atoms with van der Waals surface area (Å²) in [6.45, 7) is 0. The van der Waals surface area contributed by atoms with E-state index in [4.69, 9.17) is 9.97 Å². The van der Waals surface area contributed by atoms with Crippen LogP contribution in [0.3, 0.4) is 0 Å². The Morgan fingerprint density at radius 2 is 0.927 bits per heavy atom. The van der Waals surface area contributed by atoms with Crippen molar-refractivity contribution in [1.29, 1.82) is 0 Å². The standard InChI is InChI=1S/C38H23N3/c1-2-12-24(13-3-1)36-32-19-8-10-20-33(32)39-38(40-36)41-34-21-11-9-17-28(34)31-23-22-30-27-16-5-4-14-25(27)26-15-6-7-18-29(26)35(30)37(31)41/h1-23H. The Morgan fingerprint density at radius 1 is 0.390 bits per heavy atom. The molecule has 0 saturated heterocycles. The van der Waals surface area contributed by atoms with E-state index in [0.717, 1.165) is 33.2 Å². The van der Waals surface area contributed by atoms with Gasteiger partial charge in [0.15, 0.2) is 0 Å². The van der Waals surface area contributed by atoms with Gasteiger partial charge in [-0.15, -0.1) is 0 Å². The van der Waals surface area contributed by atoms with Crippen LogP contribution < -0.4 is 0 Å². The Morgan fingerprint density at radius 3 is 1.68 bits per heavy atom. The summed E-state index contributed by atoms with van der Waals surface area (Å²) in [7, 11) is 0. The highest BCUT2D eigenvalue weighted by Gasteiger charge is 2.21. The monoisotopic (exact) mass is 521 g/mol. The molecular formula is C38H23N3. The molecule has 0 bridgehead atoms. The first-order valence-corrected chi connectivity index (χ1v) is 13.9. The van der Waals surface area contributed by atoms with Gasteiger partial charge in [-0.3, -0.25) is 4.57 Å². The van der Waals surface area contributed by atoms with Gasteiger partial charge in [-0.05, 0) is 39.1 Å². The van der Waals surface area contributed by atoms with Crippen LogP contribution in [0.1, 0.15) is 0 Å². The second-order valence-electron chi connectivity index (χ2n) is 10.6. The van der Waals surface area contributed by atoms with Gasteiger partial charge in [0.2, 0.25) is 5.95 Å². The molecule has 0 fully saturated rings. The molecule has 9 aromatic rings. The molecule has 0 aliphatic rings. The lowest BCUT2D eigenvalue weighted by Gasteiger charge is -2.15. The third kappa shape index (κ3) is 3.14. The highest BCUT2D eigenvalue weighted by molar-refractivity contribution is 6.33. The fourth-order valence-corrected chi connectivity index (χ4v) is 6.63. The first-order chi connectivity index (χ1) is 20.4. The molecule has 3 heteroatoms. The number of rotatable bonds is 2. The van der Waals surface area contributed by atoms with Crippen molar-refractivity contribution < 1.29 is 0 Å². The molecule has 9 rings (SSSR count). The molecule has 7 aromatic carbocycles. The minimum absolute atomic E-state index is 0.679. The van der Waals surface area contributed by atoms with E-state index in [2.05, 4.69) is 138 Å². The predicted octanol–water partition coefficient (Wildman–Crippen LogP) is 9.85. The van der Waals surface area contributed by atoms with Gasteiger partial charge in [0.05, 0.1) is 22.2 Å². The van der Waals surface area contributed by atoms with Gasteiger partial charge in [-0.25, -0.2) is 9.97 Å². The van der Waals surface area contributed by atoms with E-state index < -0.39 is 0 Å². The summed E-state index contributed by atoms with van der Waals surface area (Å²) in [5, 5.41) is 10.9. The Balaban J connectivity index is 1.53. The average Bonchev–Trinajstić information content (AvgIpc) is 3.39. The van der Waals surface area contributed by atoms with E-state index in [1.54, 1.807) is 0 Å². The molecule has 0 spiro atoms. The first kappa shape index (κ1) is 22.3. The topological polar surface area (TPSA) is 30.7 Å². The zero-order chi connectivity index (χ0) is 26.9. The Kier molecular flexibility index (Phi) is 4.61. The molecule has 2 aromatic heterocycles. The zero-order valence-electron chi connectivity index (χ0n) is 22.1. The summed E-state index contributed by atoms with van der Waals surface area (Å²) in [4.78, 5) is 10.5. The molecule has 0 saturated carbocycles. The van der Waals surface area contributed by atoms with Crippen LogP contribution in [-0.2, 0) is 0 Å². The number of para-hydroxylation sites is 2. The first-order valence-electron chi connectivity index (χ1n) is 13.9. The van der Waals surface area contributed by atoms with Crippen LogP contribution in [0.5, 0.6) is 0 Å². The van der Waals surface area contributed by atoms with E-state index in [9.17, 15) is 0 Å².